The number of alkyl halides is 1. The molecule has 3 aromatic rings. The zero-order valence-electron chi connectivity index (χ0n) is 20.3. The molecule has 0 radical (unpaired) electrons. The molecule has 1 amide bonds. The lowest BCUT2D eigenvalue weighted by Crippen LogP contribution is -2.44. The number of ether oxygens (including phenoxy) is 1. The predicted molar refractivity (Wildman–Crippen MR) is 139 cm³/mol. The molecule has 2 aromatic heterocycles. The highest BCUT2D eigenvalue weighted by Gasteiger charge is 2.40. The number of aromatic amines is 1. The minimum Gasteiger partial charge on any atom is -0.381 e. The molecule has 6 rings (SSSR count). The number of carbonyl (C=O) groups is 1. The lowest BCUT2D eigenvalue weighted by atomic mass is 10.1. The number of nitrogens with zero attached hydrogens (tertiary/aromatic N) is 3. The number of carbonyl (C=O) groups excluding carboxylic acids is 1. The maximum atomic E-state index is 13.3. The van der Waals surface area contributed by atoms with Gasteiger partial charge in [-0.25, -0.2) is 9.37 Å². The van der Waals surface area contributed by atoms with E-state index >= 15 is 0 Å². The number of likely N-dealkylation sites (tertiary alicyclic amines) is 1. The average Bonchev–Trinajstić information content (AvgIpc) is 3.62. The average molecular weight is 510 g/mol. The van der Waals surface area contributed by atoms with E-state index in [4.69, 9.17) is 4.74 Å². The van der Waals surface area contributed by atoms with E-state index in [1.165, 1.54) is 11.1 Å². The van der Waals surface area contributed by atoms with Gasteiger partial charge >= 0.3 is 0 Å². The molecule has 2 aliphatic heterocycles. The van der Waals surface area contributed by atoms with Crippen molar-refractivity contribution in [3.8, 4) is 0 Å². The number of hydrogen-bond donors (Lipinski definition) is 2. The van der Waals surface area contributed by atoms with Crippen molar-refractivity contribution in [3.63, 3.8) is 0 Å². The van der Waals surface area contributed by atoms with Gasteiger partial charge in [0.1, 0.15) is 12.5 Å². The number of nitrogens with one attached hydrogen (secondary N) is 2. The summed E-state index contributed by atoms with van der Waals surface area (Å²) in [5.41, 5.74) is 4.67. The number of H-pyrrole nitrogens is 1. The molecular weight excluding hydrogens is 477 g/mol. The Kier molecular flexibility index (Phi) is 6.95. The highest BCUT2D eigenvalue weighted by molar-refractivity contribution is 8.00. The summed E-state index contributed by atoms with van der Waals surface area (Å²) in [6.45, 7) is 2.87. The number of fused-ring (bicyclic) bond motifs is 2. The second-order valence-electron chi connectivity index (χ2n) is 10.1. The molecule has 2 N–H and O–H groups in total. The maximum Gasteiger partial charge on any atom is 0.227 e. The molecule has 1 aromatic carbocycles. The van der Waals surface area contributed by atoms with E-state index in [2.05, 4.69) is 31.2 Å². The summed E-state index contributed by atoms with van der Waals surface area (Å²) in [4.78, 5) is 27.8. The van der Waals surface area contributed by atoms with Crippen LogP contribution < -0.4 is 5.32 Å². The number of pyridine rings is 1. The SMILES string of the molecule is O=C(Cc1nc2c(CF)cccc2[nH]1)NC1CN(C2CCOCC2)C[C@@H]1SC1CCc2ccncc21. The Balaban J connectivity index is 1.16. The third kappa shape index (κ3) is 4.88. The molecule has 1 aliphatic carbocycles. The quantitative estimate of drug-likeness (QED) is 0.505. The number of aryl methyl sites for hydroxylation is 1. The Morgan fingerprint density at radius 1 is 1.22 bits per heavy atom. The Morgan fingerprint density at radius 3 is 2.97 bits per heavy atom. The first-order chi connectivity index (χ1) is 17.7. The molecule has 2 fully saturated rings. The largest absolute Gasteiger partial charge is 0.381 e. The van der Waals surface area contributed by atoms with Crippen LogP contribution in [0, 0.1) is 0 Å². The molecule has 4 heterocycles. The normalized spacial score (nSPS) is 24.9. The van der Waals surface area contributed by atoms with Crippen molar-refractivity contribution >= 4 is 28.7 Å². The molecule has 0 saturated carbocycles. The smallest absolute Gasteiger partial charge is 0.227 e. The van der Waals surface area contributed by atoms with Crippen LogP contribution in [0.25, 0.3) is 11.0 Å². The Labute approximate surface area is 214 Å². The maximum absolute atomic E-state index is 13.3. The van der Waals surface area contributed by atoms with Gasteiger partial charge in [-0.1, -0.05) is 12.1 Å². The molecule has 3 atom stereocenters. The fourth-order valence-corrected chi connectivity index (χ4v) is 7.58. The predicted octanol–water partition coefficient (Wildman–Crippen LogP) is 3.74. The van der Waals surface area contributed by atoms with Gasteiger partial charge in [0.05, 0.1) is 23.5 Å². The summed E-state index contributed by atoms with van der Waals surface area (Å²) in [5, 5.41) is 4.06. The number of thioether (sulfide) groups is 1. The Morgan fingerprint density at radius 2 is 2.11 bits per heavy atom. The monoisotopic (exact) mass is 509 g/mol. The van der Waals surface area contributed by atoms with Crippen molar-refractivity contribution < 1.29 is 13.9 Å². The fraction of sp³-hybridized carbons (Fsp3) is 0.519. The van der Waals surface area contributed by atoms with Crippen molar-refractivity contribution in [3.05, 3.63) is 59.2 Å². The lowest BCUT2D eigenvalue weighted by molar-refractivity contribution is -0.121. The molecule has 7 nitrogen and oxygen atoms in total. The summed E-state index contributed by atoms with van der Waals surface area (Å²) in [7, 11) is 0. The fourth-order valence-electron chi connectivity index (χ4n) is 5.92. The first-order valence-corrected chi connectivity index (χ1v) is 13.8. The molecule has 9 heteroatoms. The van der Waals surface area contributed by atoms with Crippen molar-refractivity contribution in [1.29, 1.82) is 0 Å². The van der Waals surface area contributed by atoms with Gasteiger partial charge in [-0.3, -0.25) is 14.7 Å². The van der Waals surface area contributed by atoms with Crippen LogP contribution in [0.5, 0.6) is 0 Å². The van der Waals surface area contributed by atoms with E-state index in [1.807, 2.05) is 30.2 Å². The van der Waals surface area contributed by atoms with Crippen molar-refractivity contribution in [2.24, 2.45) is 0 Å². The number of imidazole rings is 1. The van der Waals surface area contributed by atoms with Crippen LogP contribution in [0.15, 0.2) is 36.7 Å². The van der Waals surface area contributed by atoms with E-state index in [1.54, 1.807) is 12.1 Å². The lowest BCUT2D eigenvalue weighted by Gasteiger charge is -2.31. The topological polar surface area (TPSA) is 83.1 Å². The van der Waals surface area contributed by atoms with Crippen molar-refractivity contribution in [2.45, 2.75) is 61.4 Å². The summed E-state index contributed by atoms with van der Waals surface area (Å²) in [5.74, 6) is 0.524. The second kappa shape index (κ2) is 10.5. The Bertz CT molecular complexity index is 1230. The number of halogens is 1. The third-order valence-corrected chi connectivity index (χ3v) is 9.42. The molecule has 36 heavy (non-hydrogen) atoms. The van der Waals surface area contributed by atoms with Gasteiger partial charge in [-0.05, 0) is 48.9 Å². The summed E-state index contributed by atoms with van der Waals surface area (Å²) in [6.07, 6.45) is 8.36. The van der Waals surface area contributed by atoms with Crippen LogP contribution in [-0.4, -0.2) is 69.4 Å². The minimum absolute atomic E-state index is 0.0474. The molecule has 3 aliphatic rings. The zero-order valence-corrected chi connectivity index (χ0v) is 21.1. The van der Waals surface area contributed by atoms with Crippen molar-refractivity contribution in [2.75, 3.05) is 26.3 Å². The molecule has 0 bridgehead atoms. The number of rotatable bonds is 7. The van der Waals surface area contributed by atoms with Gasteiger partial charge in [0.15, 0.2) is 0 Å². The standard InChI is InChI=1S/C27H32FN5O2S/c28-13-18-2-1-3-21-27(18)32-25(30-21)12-26(34)31-22-15-33(19-7-10-35-11-8-19)16-24(22)36-23-5-4-17-6-9-29-14-20(17)23/h1-3,6,9,14,19,22-24H,4-5,7-8,10-13,15-16H2,(H,30,32)(H,31,34)/t22?,23?,24-/m0/s1. The second-order valence-corrected chi connectivity index (χ2v) is 11.5. The summed E-state index contributed by atoms with van der Waals surface area (Å²) in [6, 6.07) is 8.12. The van der Waals surface area contributed by atoms with Crippen LogP contribution in [0.3, 0.4) is 0 Å². The summed E-state index contributed by atoms with van der Waals surface area (Å²) >= 11 is 2.00. The minimum atomic E-state index is -0.573. The Hall–Kier alpha value is -2.49. The number of benzene rings is 1. The van der Waals surface area contributed by atoms with Gasteiger partial charge in [-0.15, -0.1) is 11.8 Å². The first kappa shape index (κ1) is 23.9. The van der Waals surface area contributed by atoms with Crippen LogP contribution >= 0.6 is 11.8 Å². The number of hydrogen-bond acceptors (Lipinski definition) is 6. The van der Waals surface area contributed by atoms with Crippen LogP contribution in [0.4, 0.5) is 4.39 Å². The van der Waals surface area contributed by atoms with E-state index in [-0.39, 0.29) is 18.4 Å². The van der Waals surface area contributed by atoms with Gasteiger partial charge < -0.3 is 15.0 Å². The number of aromatic nitrogens is 3. The van der Waals surface area contributed by atoms with Crippen LogP contribution in [0.1, 0.15) is 47.0 Å². The molecule has 2 unspecified atom stereocenters. The first-order valence-electron chi connectivity index (χ1n) is 12.9. The van der Waals surface area contributed by atoms with E-state index in [0.29, 0.717) is 33.4 Å². The van der Waals surface area contributed by atoms with Gasteiger partial charge in [0, 0.05) is 60.8 Å². The number of para-hydroxylation sites is 1. The molecule has 190 valence electrons. The van der Waals surface area contributed by atoms with E-state index in [9.17, 15) is 9.18 Å². The third-order valence-electron chi connectivity index (χ3n) is 7.77. The van der Waals surface area contributed by atoms with E-state index < -0.39 is 6.67 Å². The van der Waals surface area contributed by atoms with Crippen LogP contribution in [0.2, 0.25) is 0 Å². The molecular formula is C27H32FN5O2S. The van der Waals surface area contributed by atoms with Crippen LogP contribution in [-0.2, 0) is 29.0 Å². The zero-order chi connectivity index (χ0) is 24.5. The highest BCUT2D eigenvalue weighted by atomic mass is 32.2. The van der Waals surface area contributed by atoms with Gasteiger partial charge in [0.25, 0.3) is 0 Å². The van der Waals surface area contributed by atoms with E-state index in [0.717, 1.165) is 57.5 Å². The van der Waals surface area contributed by atoms with Gasteiger partial charge in [-0.2, -0.15) is 0 Å². The van der Waals surface area contributed by atoms with Crippen molar-refractivity contribution in [1.82, 2.24) is 25.2 Å². The van der Waals surface area contributed by atoms with Gasteiger partial charge in [0.2, 0.25) is 5.91 Å². The molecule has 0 spiro atoms. The number of amides is 1. The molecule has 2 saturated heterocycles. The summed E-state index contributed by atoms with van der Waals surface area (Å²) < 4.78 is 18.9. The highest BCUT2D eigenvalue weighted by Crippen LogP contribution is 2.45.